The Labute approximate surface area is 133 Å². The minimum absolute atomic E-state index is 0.155. The highest BCUT2D eigenvalue weighted by Gasteiger charge is 2.24. The summed E-state index contributed by atoms with van der Waals surface area (Å²) in [5.41, 5.74) is 1.07. The Hall–Kier alpha value is -3.08. The second kappa shape index (κ2) is 6.36. The minimum atomic E-state index is -0.606. The first kappa shape index (κ1) is 14.8. The number of ether oxygens (including phenoxy) is 2. The SMILES string of the molecule is CCOC(=O)c1cc2ccccn2c1C(=O)Oc1ccccc1. The zero-order chi connectivity index (χ0) is 16.2. The summed E-state index contributed by atoms with van der Waals surface area (Å²) in [4.78, 5) is 24.7. The van der Waals surface area contributed by atoms with Crippen LogP contribution in [0.5, 0.6) is 5.75 Å². The summed E-state index contributed by atoms with van der Waals surface area (Å²) >= 11 is 0. The molecule has 116 valence electrons. The zero-order valence-electron chi connectivity index (χ0n) is 12.6. The number of para-hydroxylation sites is 1. The molecule has 5 heteroatoms. The van der Waals surface area contributed by atoms with Gasteiger partial charge in [0, 0.05) is 11.7 Å². The molecule has 0 bridgehead atoms. The molecule has 0 saturated heterocycles. The van der Waals surface area contributed by atoms with E-state index < -0.39 is 11.9 Å². The van der Waals surface area contributed by atoms with Gasteiger partial charge in [-0.2, -0.15) is 0 Å². The summed E-state index contributed by atoms with van der Waals surface area (Å²) < 4.78 is 12.0. The lowest BCUT2D eigenvalue weighted by Gasteiger charge is -2.07. The highest BCUT2D eigenvalue weighted by Crippen LogP contribution is 2.20. The monoisotopic (exact) mass is 309 g/mol. The van der Waals surface area contributed by atoms with Gasteiger partial charge >= 0.3 is 11.9 Å². The fourth-order valence-electron chi connectivity index (χ4n) is 2.34. The molecule has 0 saturated carbocycles. The maximum absolute atomic E-state index is 12.6. The average Bonchev–Trinajstić information content (AvgIpc) is 2.95. The van der Waals surface area contributed by atoms with E-state index in [2.05, 4.69) is 0 Å². The Balaban J connectivity index is 2.05. The molecule has 0 N–H and O–H groups in total. The zero-order valence-corrected chi connectivity index (χ0v) is 12.6. The molecule has 0 amide bonds. The van der Waals surface area contributed by atoms with Crippen molar-refractivity contribution in [1.29, 1.82) is 0 Å². The normalized spacial score (nSPS) is 10.5. The molecule has 0 radical (unpaired) electrons. The van der Waals surface area contributed by atoms with Crippen molar-refractivity contribution in [2.75, 3.05) is 6.61 Å². The molecule has 1 aromatic carbocycles. The van der Waals surface area contributed by atoms with Crippen LogP contribution >= 0.6 is 0 Å². The van der Waals surface area contributed by atoms with Crippen LogP contribution in [0.2, 0.25) is 0 Å². The van der Waals surface area contributed by atoms with Gasteiger partial charge in [0.1, 0.15) is 11.4 Å². The van der Waals surface area contributed by atoms with Crippen molar-refractivity contribution < 1.29 is 19.1 Å². The van der Waals surface area contributed by atoms with Crippen LogP contribution in [0.1, 0.15) is 27.8 Å². The third kappa shape index (κ3) is 2.94. The molecule has 0 aliphatic carbocycles. The van der Waals surface area contributed by atoms with E-state index in [9.17, 15) is 9.59 Å². The topological polar surface area (TPSA) is 57.0 Å². The second-order valence-electron chi connectivity index (χ2n) is 4.83. The van der Waals surface area contributed by atoms with Crippen molar-refractivity contribution in [3.8, 4) is 5.75 Å². The number of carbonyl (C=O) groups excluding carboxylic acids is 2. The molecule has 0 unspecified atom stereocenters. The van der Waals surface area contributed by atoms with Crippen LogP contribution < -0.4 is 4.74 Å². The minimum Gasteiger partial charge on any atom is -0.462 e. The lowest BCUT2D eigenvalue weighted by molar-refractivity contribution is 0.0516. The molecule has 2 heterocycles. The van der Waals surface area contributed by atoms with Gasteiger partial charge in [-0.15, -0.1) is 0 Å². The number of nitrogens with zero attached hydrogens (tertiary/aromatic N) is 1. The first-order chi connectivity index (χ1) is 11.2. The summed E-state index contributed by atoms with van der Waals surface area (Å²) in [5.74, 6) is -0.736. The number of carbonyl (C=O) groups is 2. The van der Waals surface area contributed by atoms with E-state index in [1.807, 2.05) is 18.2 Å². The maximum atomic E-state index is 12.6. The average molecular weight is 309 g/mol. The molecule has 0 aliphatic heterocycles. The van der Waals surface area contributed by atoms with E-state index in [0.29, 0.717) is 5.75 Å². The predicted molar refractivity (Wildman–Crippen MR) is 84.8 cm³/mol. The van der Waals surface area contributed by atoms with Crippen molar-refractivity contribution in [1.82, 2.24) is 4.40 Å². The largest absolute Gasteiger partial charge is 0.462 e. The predicted octanol–water partition coefficient (Wildman–Crippen LogP) is 3.34. The third-order valence-electron chi connectivity index (χ3n) is 3.32. The highest BCUT2D eigenvalue weighted by molar-refractivity contribution is 6.04. The summed E-state index contributed by atoms with van der Waals surface area (Å²) in [7, 11) is 0. The van der Waals surface area contributed by atoms with E-state index in [4.69, 9.17) is 9.47 Å². The summed E-state index contributed by atoms with van der Waals surface area (Å²) in [6, 6.07) is 15.8. The van der Waals surface area contributed by atoms with Crippen LogP contribution in [0.3, 0.4) is 0 Å². The standard InChI is InChI=1S/C18H15NO4/c1-2-22-17(20)15-12-13-8-6-7-11-19(13)16(15)18(21)23-14-9-4-3-5-10-14/h3-12H,2H2,1H3. The lowest BCUT2D eigenvalue weighted by atomic mass is 10.2. The van der Waals surface area contributed by atoms with E-state index in [1.54, 1.807) is 53.9 Å². The van der Waals surface area contributed by atoms with Crippen molar-refractivity contribution in [3.05, 3.63) is 72.1 Å². The summed E-state index contributed by atoms with van der Waals surface area (Å²) in [6.07, 6.45) is 1.71. The van der Waals surface area contributed by atoms with Crippen molar-refractivity contribution in [3.63, 3.8) is 0 Å². The fraction of sp³-hybridized carbons (Fsp3) is 0.111. The maximum Gasteiger partial charge on any atom is 0.361 e. The number of hydrogen-bond acceptors (Lipinski definition) is 4. The first-order valence-corrected chi connectivity index (χ1v) is 7.25. The number of fused-ring (bicyclic) bond motifs is 1. The Morgan fingerprint density at radius 2 is 1.74 bits per heavy atom. The first-order valence-electron chi connectivity index (χ1n) is 7.25. The quantitative estimate of drug-likeness (QED) is 0.548. The van der Waals surface area contributed by atoms with Gasteiger partial charge in [0.25, 0.3) is 0 Å². The van der Waals surface area contributed by atoms with Gasteiger partial charge in [-0.1, -0.05) is 24.3 Å². The van der Waals surface area contributed by atoms with Crippen LogP contribution in [0, 0.1) is 0 Å². The molecular weight excluding hydrogens is 294 g/mol. The van der Waals surface area contributed by atoms with Gasteiger partial charge in [0.2, 0.25) is 0 Å². The van der Waals surface area contributed by atoms with Crippen LogP contribution in [0.25, 0.3) is 5.52 Å². The number of hydrogen-bond donors (Lipinski definition) is 0. The molecule has 0 spiro atoms. The Morgan fingerprint density at radius 3 is 2.48 bits per heavy atom. The summed E-state index contributed by atoms with van der Waals surface area (Å²) in [5, 5.41) is 0. The molecule has 3 aromatic rings. The van der Waals surface area contributed by atoms with Gasteiger partial charge < -0.3 is 13.9 Å². The lowest BCUT2D eigenvalue weighted by Crippen LogP contribution is -2.16. The van der Waals surface area contributed by atoms with Crippen molar-refractivity contribution in [2.24, 2.45) is 0 Å². The Bertz CT molecular complexity index is 852. The summed E-state index contributed by atoms with van der Waals surface area (Å²) in [6.45, 7) is 1.95. The van der Waals surface area contributed by atoms with Gasteiger partial charge in [0.05, 0.1) is 12.2 Å². The highest BCUT2D eigenvalue weighted by atomic mass is 16.5. The van der Waals surface area contributed by atoms with Gasteiger partial charge in [-0.25, -0.2) is 9.59 Å². The molecule has 0 atom stereocenters. The molecule has 3 rings (SSSR count). The second-order valence-corrected chi connectivity index (χ2v) is 4.83. The Kier molecular flexibility index (Phi) is 4.10. The van der Waals surface area contributed by atoms with E-state index in [-0.39, 0.29) is 17.9 Å². The number of rotatable bonds is 4. The molecule has 23 heavy (non-hydrogen) atoms. The van der Waals surface area contributed by atoms with Crippen LogP contribution in [0.15, 0.2) is 60.8 Å². The van der Waals surface area contributed by atoms with Crippen LogP contribution in [-0.2, 0) is 4.74 Å². The number of aromatic nitrogens is 1. The fourth-order valence-corrected chi connectivity index (χ4v) is 2.34. The van der Waals surface area contributed by atoms with Gasteiger partial charge in [0.15, 0.2) is 0 Å². The number of esters is 2. The molecule has 2 aromatic heterocycles. The van der Waals surface area contributed by atoms with Crippen molar-refractivity contribution >= 4 is 17.5 Å². The van der Waals surface area contributed by atoms with E-state index >= 15 is 0 Å². The number of pyridine rings is 1. The van der Waals surface area contributed by atoms with E-state index in [0.717, 1.165) is 5.52 Å². The van der Waals surface area contributed by atoms with Crippen LogP contribution in [0.4, 0.5) is 0 Å². The smallest absolute Gasteiger partial charge is 0.361 e. The van der Waals surface area contributed by atoms with Crippen LogP contribution in [-0.4, -0.2) is 22.9 Å². The molecular formula is C18H15NO4. The molecule has 0 fully saturated rings. The van der Waals surface area contributed by atoms with Gasteiger partial charge in [-0.05, 0) is 37.3 Å². The van der Waals surface area contributed by atoms with Crippen molar-refractivity contribution in [2.45, 2.75) is 6.92 Å². The Morgan fingerprint density at radius 1 is 1.00 bits per heavy atom. The third-order valence-corrected chi connectivity index (χ3v) is 3.32. The van der Waals surface area contributed by atoms with Gasteiger partial charge in [-0.3, -0.25) is 0 Å². The molecule has 5 nitrogen and oxygen atoms in total. The molecule has 0 aliphatic rings. The van der Waals surface area contributed by atoms with E-state index in [1.165, 1.54) is 0 Å². The number of benzene rings is 1.